The molecule has 0 radical (unpaired) electrons. The molecule has 0 unspecified atom stereocenters. The third-order valence-electron chi connectivity index (χ3n) is 4.47. The van der Waals surface area contributed by atoms with Gasteiger partial charge in [0, 0.05) is 10.9 Å². The van der Waals surface area contributed by atoms with Crippen LogP contribution in [-0.2, 0) is 0 Å². The number of rotatable bonds is 4. The average molecular weight is 374 g/mol. The fourth-order valence-corrected chi connectivity index (χ4v) is 3.00. The predicted molar refractivity (Wildman–Crippen MR) is 107 cm³/mol. The van der Waals surface area contributed by atoms with Crippen molar-refractivity contribution in [2.24, 2.45) is 0 Å². The van der Waals surface area contributed by atoms with Crippen molar-refractivity contribution in [3.05, 3.63) is 82.3 Å². The highest BCUT2D eigenvalue weighted by Gasteiger charge is 2.15. The second kappa shape index (κ2) is 7.03. The van der Waals surface area contributed by atoms with Gasteiger partial charge in [-0.25, -0.2) is 4.68 Å². The van der Waals surface area contributed by atoms with E-state index in [1.54, 1.807) is 42.1 Å². The van der Waals surface area contributed by atoms with Gasteiger partial charge in [-0.3, -0.25) is 9.59 Å². The molecular formula is C21H18N4O3. The maximum Gasteiger partial charge on any atom is 0.273 e. The number of aryl methyl sites for hydroxylation is 1. The Morgan fingerprint density at radius 3 is 2.50 bits per heavy atom. The lowest BCUT2D eigenvalue weighted by atomic mass is 10.2. The Morgan fingerprint density at radius 2 is 1.82 bits per heavy atom. The van der Waals surface area contributed by atoms with Crippen LogP contribution in [0.15, 0.2) is 65.5 Å². The topological polar surface area (TPSA) is 89.0 Å². The number of aromatic nitrogens is 3. The third kappa shape index (κ3) is 3.14. The number of carbonyl (C=O) groups is 1. The highest BCUT2D eigenvalue weighted by Crippen LogP contribution is 2.21. The van der Waals surface area contributed by atoms with E-state index in [-0.39, 0.29) is 11.6 Å². The van der Waals surface area contributed by atoms with Crippen LogP contribution in [0.3, 0.4) is 0 Å². The number of fused-ring (bicyclic) bond motifs is 1. The Labute approximate surface area is 160 Å². The molecule has 2 aromatic heterocycles. The molecule has 0 aliphatic rings. The zero-order valence-electron chi connectivity index (χ0n) is 15.4. The standard InChI is InChI=1S/C21H18N4O3/c1-13-17-12-18(22-20(26)14-8-10-16(28-2)11-9-14)21(27)23-19(17)25(24-13)15-6-4-3-5-7-15/h3-12H,1-2H3,(H,22,26)(H,23,27). The Kier molecular flexibility index (Phi) is 4.41. The number of hydrogen-bond acceptors (Lipinski definition) is 4. The second-order valence-corrected chi connectivity index (χ2v) is 6.29. The minimum atomic E-state index is -0.397. The van der Waals surface area contributed by atoms with Gasteiger partial charge in [0.25, 0.3) is 11.5 Å². The van der Waals surface area contributed by atoms with Crippen LogP contribution in [0.2, 0.25) is 0 Å². The molecule has 0 atom stereocenters. The van der Waals surface area contributed by atoms with E-state index in [0.717, 1.165) is 16.8 Å². The van der Waals surface area contributed by atoms with Crippen LogP contribution in [0, 0.1) is 6.92 Å². The van der Waals surface area contributed by atoms with Crippen LogP contribution in [0.5, 0.6) is 5.75 Å². The zero-order chi connectivity index (χ0) is 19.7. The van der Waals surface area contributed by atoms with Gasteiger partial charge in [-0.1, -0.05) is 18.2 Å². The summed E-state index contributed by atoms with van der Waals surface area (Å²) in [6, 6.07) is 17.8. The van der Waals surface area contributed by atoms with Crippen molar-refractivity contribution in [2.45, 2.75) is 6.92 Å². The zero-order valence-corrected chi connectivity index (χ0v) is 15.4. The van der Waals surface area contributed by atoms with Gasteiger partial charge in [0.1, 0.15) is 17.1 Å². The van der Waals surface area contributed by atoms with Gasteiger partial charge in [0.2, 0.25) is 0 Å². The molecule has 0 saturated carbocycles. The molecule has 28 heavy (non-hydrogen) atoms. The summed E-state index contributed by atoms with van der Waals surface area (Å²) in [5, 5.41) is 7.95. The van der Waals surface area contributed by atoms with Crippen LogP contribution in [0.4, 0.5) is 5.69 Å². The van der Waals surface area contributed by atoms with Gasteiger partial charge in [-0.15, -0.1) is 0 Å². The van der Waals surface area contributed by atoms with Crippen molar-refractivity contribution < 1.29 is 9.53 Å². The predicted octanol–water partition coefficient (Wildman–Crippen LogP) is 3.28. The monoisotopic (exact) mass is 374 g/mol. The number of carbonyl (C=O) groups excluding carboxylic acids is 1. The first-order valence-electron chi connectivity index (χ1n) is 8.70. The molecule has 4 rings (SSSR count). The molecule has 2 N–H and O–H groups in total. The number of aromatic amines is 1. The van der Waals surface area contributed by atoms with E-state index in [1.165, 1.54) is 0 Å². The average Bonchev–Trinajstić information content (AvgIpc) is 3.04. The van der Waals surface area contributed by atoms with Crippen LogP contribution < -0.4 is 15.6 Å². The fourth-order valence-electron chi connectivity index (χ4n) is 3.00. The summed E-state index contributed by atoms with van der Waals surface area (Å²) in [4.78, 5) is 27.9. The highest BCUT2D eigenvalue weighted by molar-refractivity contribution is 6.05. The van der Waals surface area contributed by atoms with Crippen LogP contribution in [0.1, 0.15) is 16.1 Å². The van der Waals surface area contributed by atoms with Crippen molar-refractivity contribution in [1.29, 1.82) is 0 Å². The van der Waals surface area contributed by atoms with E-state index < -0.39 is 5.56 Å². The second-order valence-electron chi connectivity index (χ2n) is 6.29. The first kappa shape index (κ1) is 17.5. The summed E-state index contributed by atoms with van der Waals surface area (Å²) in [6.45, 7) is 1.86. The Morgan fingerprint density at radius 1 is 1.11 bits per heavy atom. The maximum atomic E-state index is 12.6. The lowest BCUT2D eigenvalue weighted by Gasteiger charge is -2.07. The van der Waals surface area contributed by atoms with Crippen LogP contribution in [-0.4, -0.2) is 27.8 Å². The van der Waals surface area contributed by atoms with Gasteiger partial charge in [-0.2, -0.15) is 5.10 Å². The summed E-state index contributed by atoms with van der Waals surface area (Å²) in [7, 11) is 1.56. The van der Waals surface area contributed by atoms with Crippen molar-refractivity contribution in [3.63, 3.8) is 0 Å². The molecule has 0 aliphatic heterocycles. The number of pyridine rings is 1. The number of benzene rings is 2. The summed E-state index contributed by atoms with van der Waals surface area (Å²) in [6.07, 6.45) is 0. The molecule has 7 nitrogen and oxygen atoms in total. The van der Waals surface area contributed by atoms with Gasteiger partial charge in [-0.05, 0) is 49.4 Å². The fraction of sp³-hybridized carbons (Fsp3) is 0.0952. The molecule has 0 fully saturated rings. The van der Waals surface area contributed by atoms with Gasteiger partial charge in [0.05, 0.1) is 18.5 Å². The first-order valence-corrected chi connectivity index (χ1v) is 8.70. The van der Waals surface area contributed by atoms with Gasteiger partial charge < -0.3 is 15.0 Å². The van der Waals surface area contributed by atoms with E-state index in [1.807, 2.05) is 37.3 Å². The van der Waals surface area contributed by atoms with E-state index >= 15 is 0 Å². The molecular weight excluding hydrogens is 356 g/mol. The summed E-state index contributed by atoms with van der Waals surface area (Å²) < 4.78 is 6.77. The summed E-state index contributed by atoms with van der Waals surface area (Å²) in [5.41, 5.74) is 2.37. The number of nitrogens with zero attached hydrogens (tertiary/aromatic N) is 2. The van der Waals surface area contributed by atoms with E-state index in [9.17, 15) is 9.59 Å². The van der Waals surface area contributed by atoms with Crippen molar-refractivity contribution in [3.8, 4) is 11.4 Å². The first-order chi connectivity index (χ1) is 13.6. The Balaban J connectivity index is 1.71. The maximum absolute atomic E-state index is 12.6. The molecule has 0 bridgehead atoms. The van der Waals surface area contributed by atoms with Crippen molar-refractivity contribution in [2.75, 3.05) is 12.4 Å². The molecule has 7 heteroatoms. The quantitative estimate of drug-likeness (QED) is 0.574. The summed E-state index contributed by atoms with van der Waals surface area (Å²) in [5.74, 6) is 0.278. The number of nitrogens with one attached hydrogen (secondary N) is 2. The number of para-hydroxylation sites is 1. The lowest BCUT2D eigenvalue weighted by Crippen LogP contribution is -2.20. The SMILES string of the molecule is COc1ccc(C(=O)Nc2cc3c(C)nn(-c4ccccc4)c3[nH]c2=O)cc1. The molecule has 1 amide bonds. The van der Waals surface area contributed by atoms with E-state index in [4.69, 9.17) is 4.74 Å². The minimum Gasteiger partial charge on any atom is -0.497 e. The van der Waals surface area contributed by atoms with E-state index in [0.29, 0.717) is 17.0 Å². The van der Waals surface area contributed by atoms with E-state index in [2.05, 4.69) is 15.4 Å². The molecule has 2 heterocycles. The minimum absolute atomic E-state index is 0.170. The number of methoxy groups -OCH3 is 1. The smallest absolute Gasteiger partial charge is 0.273 e. The number of hydrogen-bond donors (Lipinski definition) is 2. The number of H-pyrrole nitrogens is 1. The molecule has 0 saturated heterocycles. The van der Waals surface area contributed by atoms with Crippen molar-refractivity contribution in [1.82, 2.24) is 14.8 Å². The van der Waals surface area contributed by atoms with Gasteiger partial charge >= 0.3 is 0 Å². The highest BCUT2D eigenvalue weighted by atomic mass is 16.5. The molecule has 4 aromatic rings. The number of anilines is 1. The molecule has 2 aromatic carbocycles. The largest absolute Gasteiger partial charge is 0.497 e. The molecule has 0 spiro atoms. The number of amides is 1. The molecule has 140 valence electrons. The normalized spacial score (nSPS) is 10.8. The third-order valence-corrected chi connectivity index (χ3v) is 4.47. The number of ether oxygens (including phenoxy) is 1. The Hall–Kier alpha value is -3.87. The molecule has 0 aliphatic carbocycles. The van der Waals surface area contributed by atoms with Gasteiger partial charge in [0.15, 0.2) is 0 Å². The van der Waals surface area contributed by atoms with Crippen LogP contribution in [0.25, 0.3) is 16.7 Å². The summed E-state index contributed by atoms with van der Waals surface area (Å²) >= 11 is 0. The van der Waals surface area contributed by atoms with Crippen LogP contribution >= 0.6 is 0 Å². The lowest BCUT2D eigenvalue weighted by molar-refractivity contribution is 0.102. The van der Waals surface area contributed by atoms with Crippen molar-refractivity contribution >= 4 is 22.6 Å². The Bertz CT molecular complexity index is 1210.